The topological polar surface area (TPSA) is 32.3 Å². The summed E-state index contributed by atoms with van der Waals surface area (Å²) in [4.78, 5) is 0. The Hall–Kier alpha value is -1.39. The van der Waals surface area contributed by atoms with E-state index in [4.69, 9.17) is 16.3 Å². The molecule has 1 heterocycles. The van der Waals surface area contributed by atoms with Crippen LogP contribution in [0.2, 0.25) is 5.02 Å². The van der Waals surface area contributed by atoms with Gasteiger partial charge in [0.25, 0.3) is 0 Å². The van der Waals surface area contributed by atoms with Crippen molar-refractivity contribution in [3.05, 3.63) is 76.0 Å². The molecule has 0 bridgehead atoms. The number of ether oxygens (including phenoxy) is 1. The van der Waals surface area contributed by atoms with Crippen molar-refractivity contribution < 1.29 is 9.38 Å². The molecule has 1 aliphatic rings. The van der Waals surface area contributed by atoms with Crippen LogP contribution in [-0.4, -0.2) is 30.9 Å². The average Bonchev–Trinajstić information content (AvgIpc) is 2.94. The number of nitrogens with zero attached hydrogens (tertiary/aromatic N) is 1. The Labute approximate surface area is 155 Å². The van der Waals surface area contributed by atoms with Gasteiger partial charge < -0.3 is 14.6 Å². The lowest BCUT2D eigenvalue weighted by molar-refractivity contribution is -0.873. The fourth-order valence-corrected chi connectivity index (χ4v) is 3.90. The smallest absolute Gasteiger partial charge is 0.115 e. The van der Waals surface area contributed by atoms with Crippen LogP contribution in [0.25, 0.3) is 0 Å². The van der Waals surface area contributed by atoms with Crippen LogP contribution in [-0.2, 0) is 10.3 Å². The molecule has 0 aromatic heterocycles. The van der Waals surface area contributed by atoms with Gasteiger partial charge in [-0.2, -0.15) is 0 Å². The number of hydrogen-bond acceptors (Lipinski definition) is 2. The van der Waals surface area contributed by atoms with E-state index in [0.717, 1.165) is 36.9 Å². The van der Waals surface area contributed by atoms with Crippen LogP contribution in [0.15, 0.2) is 54.6 Å². The van der Waals surface area contributed by atoms with E-state index in [1.165, 1.54) is 0 Å². The number of halogens is 1. The van der Waals surface area contributed by atoms with E-state index in [1.807, 2.05) is 42.5 Å². The molecule has 1 fully saturated rings. The summed E-state index contributed by atoms with van der Waals surface area (Å²) in [6.07, 6.45) is 2.79. The fraction of sp³-hybridized carbons (Fsp3) is 0.429. The van der Waals surface area contributed by atoms with Crippen LogP contribution >= 0.6 is 11.6 Å². The minimum absolute atomic E-state index is 0.133. The van der Waals surface area contributed by atoms with E-state index >= 15 is 0 Å². The van der Waals surface area contributed by atoms with E-state index in [9.17, 15) is 5.21 Å². The van der Waals surface area contributed by atoms with Crippen LogP contribution in [0.3, 0.4) is 0 Å². The minimum Gasteiger partial charge on any atom is -0.633 e. The summed E-state index contributed by atoms with van der Waals surface area (Å²) in [6, 6.07) is 18.2. The first kappa shape index (κ1) is 18.4. The Morgan fingerprint density at radius 3 is 2.36 bits per heavy atom. The minimum atomic E-state index is -0.559. The molecule has 0 amide bonds. The molecule has 1 aliphatic heterocycles. The van der Waals surface area contributed by atoms with Crippen molar-refractivity contribution in [3.63, 3.8) is 0 Å². The molecule has 4 heteroatoms. The summed E-state index contributed by atoms with van der Waals surface area (Å²) in [5.41, 5.74) is 1.61. The number of likely N-dealkylation sites (tertiary alicyclic amines) is 1. The molecule has 134 valence electrons. The van der Waals surface area contributed by atoms with E-state index in [1.54, 1.807) is 7.05 Å². The van der Waals surface area contributed by atoms with E-state index in [2.05, 4.69) is 19.1 Å². The van der Waals surface area contributed by atoms with Crippen molar-refractivity contribution >= 4 is 11.6 Å². The molecule has 0 aliphatic carbocycles. The number of quaternary nitrogens is 1. The van der Waals surface area contributed by atoms with Crippen LogP contribution < -0.4 is 0 Å². The molecule has 3 nitrogen and oxygen atoms in total. The highest BCUT2D eigenvalue weighted by Crippen LogP contribution is 2.35. The van der Waals surface area contributed by atoms with Gasteiger partial charge in [-0.05, 0) is 30.2 Å². The van der Waals surface area contributed by atoms with Gasteiger partial charge in [-0.15, -0.1) is 0 Å². The Kier molecular flexibility index (Phi) is 5.49. The average molecular weight is 360 g/mol. The summed E-state index contributed by atoms with van der Waals surface area (Å²) < 4.78 is 6.27. The van der Waals surface area contributed by atoms with Gasteiger partial charge in [0.05, 0.1) is 26.2 Å². The summed E-state index contributed by atoms with van der Waals surface area (Å²) in [6.45, 7) is 3.37. The molecule has 3 unspecified atom stereocenters. The maximum absolute atomic E-state index is 12.4. The first-order valence-electron chi connectivity index (χ1n) is 8.93. The molecule has 1 saturated heterocycles. The monoisotopic (exact) mass is 359 g/mol. The van der Waals surface area contributed by atoms with Crippen molar-refractivity contribution in [2.75, 3.05) is 20.2 Å². The number of hydrogen-bond donors (Lipinski definition) is 0. The standard InChI is InChI=1S/C21H26ClNO2/c1-21(17-7-4-3-5-8-17,18-10-12-19(22)13-11-18)25-16-14-20-9-6-15-23(20,2)24/h3-5,7-8,10-13,20H,6,9,14-16H2,1-2H3. The van der Waals surface area contributed by atoms with E-state index in [-0.39, 0.29) is 10.7 Å². The first-order chi connectivity index (χ1) is 11.9. The van der Waals surface area contributed by atoms with Crippen molar-refractivity contribution in [2.24, 2.45) is 0 Å². The van der Waals surface area contributed by atoms with E-state index < -0.39 is 5.60 Å². The zero-order chi connectivity index (χ0) is 17.9. The molecule has 0 radical (unpaired) electrons. The van der Waals surface area contributed by atoms with Gasteiger partial charge in [0.15, 0.2) is 0 Å². The van der Waals surface area contributed by atoms with E-state index in [0.29, 0.717) is 11.6 Å². The first-order valence-corrected chi connectivity index (χ1v) is 9.31. The van der Waals surface area contributed by atoms with Crippen LogP contribution in [0.1, 0.15) is 37.3 Å². The summed E-state index contributed by atoms with van der Waals surface area (Å²) in [5, 5.41) is 13.1. The highest BCUT2D eigenvalue weighted by atomic mass is 35.5. The van der Waals surface area contributed by atoms with Gasteiger partial charge in [0.1, 0.15) is 5.60 Å². The van der Waals surface area contributed by atoms with Gasteiger partial charge in [0, 0.05) is 24.3 Å². The molecule has 2 aromatic rings. The molecule has 0 spiro atoms. The summed E-state index contributed by atoms with van der Waals surface area (Å²) in [7, 11) is 1.78. The third-order valence-corrected chi connectivity index (χ3v) is 5.73. The van der Waals surface area contributed by atoms with Gasteiger partial charge in [0.2, 0.25) is 0 Å². The predicted octanol–water partition coefficient (Wildman–Crippen LogP) is 5.12. The number of benzene rings is 2. The van der Waals surface area contributed by atoms with Gasteiger partial charge in [-0.1, -0.05) is 54.1 Å². The van der Waals surface area contributed by atoms with Gasteiger partial charge in [-0.25, -0.2) is 0 Å². The molecule has 3 rings (SSSR count). The molecule has 2 aromatic carbocycles. The highest BCUT2D eigenvalue weighted by Gasteiger charge is 2.33. The molecule has 0 saturated carbocycles. The molecule has 0 N–H and O–H groups in total. The van der Waals surface area contributed by atoms with Crippen molar-refractivity contribution in [2.45, 2.75) is 37.8 Å². The fourth-order valence-electron chi connectivity index (χ4n) is 3.77. The Bertz CT molecular complexity index is 687. The van der Waals surface area contributed by atoms with Crippen LogP contribution in [0, 0.1) is 5.21 Å². The lowest BCUT2D eigenvalue weighted by Gasteiger charge is -2.41. The lowest BCUT2D eigenvalue weighted by atomic mass is 9.88. The summed E-state index contributed by atoms with van der Waals surface area (Å²) in [5.74, 6) is 0. The number of rotatable bonds is 6. The normalized spacial score (nSPS) is 25.7. The Morgan fingerprint density at radius 1 is 1.12 bits per heavy atom. The van der Waals surface area contributed by atoms with Crippen molar-refractivity contribution in [3.8, 4) is 0 Å². The maximum Gasteiger partial charge on any atom is 0.115 e. The second kappa shape index (κ2) is 7.46. The van der Waals surface area contributed by atoms with Gasteiger partial charge in [-0.3, -0.25) is 0 Å². The second-order valence-corrected chi connectivity index (χ2v) is 7.67. The zero-order valence-corrected chi connectivity index (χ0v) is 15.7. The zero-order valence-electron chi connectivity index (χ0n) is 15.0. The summed E-state index contributed by atoms with van der Waals surface area (Å²) >= 11 is 6.05. The van der Waals surface area contributed by atoms with Crippen LogP contribution in [0.5, 0.6) is 0 Å². The van der Waals surface area contributed by atoms with Gasteiger partial charge >= 0.3 is 0 Å². The molecule has 25 heavy (non-hydrogen) atoms. The largest absolute Gasteiger partial charge is 0.633 e. The lowest BCUT2D eigenvalue weighted by Crippen LogP contribution is -2.43. The second-order valence-electron chi connectivity index (χ2n) is 7.24. The maximum atomic E-state index is 12.4. The predicted molar refractivity (Wildman–Crippen MR) is 102 cm³/mol. The van der Waals surface area contributed by atoms with Crippen molar-refractivity contribution in [1.29, 1.82) is 0 Å². The molecular weight excluding hydrogens is 334 g/mol. The third kappa shape index (κ3) is 4.06. The molecular formula is C21H26ClNO2. The van der Waals surface area contributed by atoms with Crippen LogP contribution in [0.4, 0.5) is 0 Å². The number of hydroxylamine groups is 3. The third-order valence-electron chi connectivity index (χ3n) is 5.47. The Morgan fingerprint density at radius 2 is 1.76 bits per heavy atom. The highest BCUT2D eigenvalue weighted by molar-refractivity contribution is 6.30. The van der Waals surface area contributed by atoms with Crippen molar-refractivity contribution in [1.82, 2.24) is 0 Å². The quantitative estimate of drug-likeness (QED) is 0.529. The molecule has 3 atom stereocenters. The SMILES string of the molecule is CC(OCCC1CCC[N+]1(C)[O-])(c1ccccc1)c1ccc(Cl)cc1. The Balaban J connectivity index is 1.79.